The molecule has 1 N–H and O–H groups in total. The maximum Gasteiger partial charge on any atom is 0.264 e. The van der Waals surface area contributed by atoms with Crippen LogP contribution in [0.25, 0.3) is 0 Å². The summed E-state index contributed by atoms with van der Waals surface area (Å²) in [5.74, 6) is -1.03. The lowest BCUT2D eigenvalue weighted by Gasteiger charge is -2.34. The number of nitrogens with zero attached hydrogens (tertiary/aromatic N) is 2. The number of methoxy groups -OCH3 is 1. The summed E-state index contributed by atoms with van der Waals surface area (Å²) in [5, 5.41) is 3.02. The zero-order valence-electron chi connectivity index (χ0n) is 26.5. The average molecular weight is 646 g/mol. The van der Waals surface area contributed by atoms with Crippen LogP contribution in [0.5, 0.6) is 5.75 Å². The van der Waals surface area contributed by atoms with Crippen LogP contribution >= 0.6 is 0 Å². The summed E-state index contributed by atoms with van der Waals surface area (Å²) >= 11 is 0. The lowest BCUT2D eigenvalue weighted by atomic mass is 10.0. The van der Waals surface area contributed by atoms with Crippen molar-refractivity contribution in [2.24, 2.45) is 0 Å². The van der Waals surface area contributed by atoms with E-state index in [-0.39, 0.29) is 35.5 Å². The molecule has 4 aromatic carbocycles. The van der Waals surface area contributed by atoms with Gasteiger partial charge in [-0.3, -0.25) is 13.9 Å². The summed E-state index contributed by atoms with van der Waals surface area (Å²) in [6.45, 7) is 5.21. The van der Waals surface area contributed by atoms with Crippen molar-refractivity contribution in [3.8, 4) is 5.75 Å². The second kappa shape index (κ2) is 15.5. The number of carbonyl (C=O) groups excluding carboxylic acids is 2. The van der Waals surface area contributed by atoms with Gasteiger partial charge in [0.1, 0.15) is 24.2 Å². The van der Waals surface area contributed by atoms with Crippen LogP contribution in [0.3, 0.4) is 0 Å². The number of sulfonamides is 1. The Labute approximate surface area is 270 Å². The summed E-state index contributed by atoms with van der Waals surface area (Å²) in [6, 6.07) is 26.6. The molecule has 4 rings (SSSR count). The van der Waals surface area contributed by atoms with E-state index in [1.165, 1.54) is 48.4 Å². The third kappa shape index (κ3) is 8.72. The Balaban J connectivity index is 1.80. The van der Waals surface area contributed by atoms with Crippen LogP contribution < -0.4 is 14.4 Å². The van der Waals surface area contributed by atoms with Crippen LogP contribution in [-0.4, -0.2) is 50.9 Å². The van der Waals surface area contributed by atoms with Gasteiger partial charge in [0.25, 0.3) is 10.0 Å². The molecule has 0 fully saturated rings. The zero-order valence-corrected chi connectivity index (χ0v) is 27.3. The van der Waals surface area contributed by atoms with Gasteiger partial charge in [-0.25, -0.2) is 12.8 Å². The molecule has 0 heterocycles. The Bertz CT molecular complexity index is 1720. The molecular formula is C36H40FN3O5S. The van der Waals surface area contributed by atoms with Crippen molar-refractivity contribution >= 4 is 27.5 Å². The number of hydrogen-bond donors (Lipinski definition) is 1. The Kier molecular flexibility index (Phi) is 11.5. The first kappa shape index (κ1) is 34.2. The monoisotopic (exact) mass is 645 g/mol. The molecule has 0 unspecified atom stereocenters. The molecule has 0 saturated carbocycles. The highest BCUT2D eigenvalue weighted by atomic mass is 32.2. The summed E-state index contributed by atoms with van der Waals surface area (Å²) in [5.41, 5.74) is 2.71. The number of aryl methyl sites for hydroxylation is 1. The Morgan fingerprint density at radius 2 is 1.54 bits per heavy atom. The van der Waals surface area contributed by atoms with Crippen LogP contribution in [0, 0.1) is 12.7 Å². The number of hydrogen-bond acceptors (Lipinski definition) is 5. The second-order valence-corrected chi connectivity index (χ2v) is 13.1. The highest BCUT2D eigenvalue weighted by Gasteiger charge is 2.35. The fourth-order valence-electron chi connectivity index (χ4n) is 5.01. The first-order valence-electron chi connectivity index (χ1n) is 15.1. The number of nitrogens with one attached hydrogen (secondary N) is 1. The number of carbonyl (C=O) groups is 2. The molecular weight excluding hydrogens is 605 g/mol. The van der Waals surface area contributed by atoms with Gasteiger partial charge in [-0.2, -0.15) is 0 Å². The zero-order chi connectivity index (χ0) is 33.3. The van der Waals surface area contributed by atoms with E-state index in [1.54, 1.807) is 0 Å². The smallest absolute Gasteiger partial charge is 0.264 e. The standard InChI is InChI=1S/C36H40FN3O5S/c1-5-27(3)38-36(42)34(23-28-11-7-6-8-12-28)39(24-29-13-9-10-26(2)22-29)35(41)25-40(31-16-14-30(37)15-17-31)46(43,44)33-20-18-32(45-4)19-21-33/h6-22,27,34H,5,23-25H2,1-4H3,(H,38,42)/t27-,34+/m1/s1. The van der Waals surface area contributed by atoms with Crippen molar-refractivity contribution in [3.63, 3.8) is 0 Å². The van der Waals surface area contributed by atoms with E-state index in [0.29, 0.717) is 12.2 Å². The van der Waals surface area contributed by atoms with Gasteiger partial charge in [0, 0.05) is 19.0 Å². The predicted octanol–water partition coefficient (Wildman–Crippen LogP) is 5.89. The van der Waals surface area contributed by atoms with Crippen LogP contribution in [0.2, 0.25) is 0 Å². The second-order valence-electron chi connectivity index (χ2n) is 11.2. The van der Waals surface area contributed by atoms with Gasteiger partial charge in [-0.1, -0.05) is 67.1 Å². The molecule has 8 nitrogen and oxygen atoms in total. The molecule has 4 aromatic rings. The van der Waals surface area contributed by atoms with Gasteiger partial charge in [0.15, 0.2) is 0 Å². The van der Waals surface area contributed by atoms with Crippen molar-refractivity contribution in [2.75, 3.05) is 18.0 Å². The van der Waals surface area contributed by atoms with E-state index in [4.69, 9.17) is 4.74 Å². The van der Waals surface area contributed by atoms with Gasteiger partial charge in [-0.15, -0.1) is 0 Å². The third-order valence-corrected chi connectivity index (χ3v) is 9.54. The van der Waals surface area contributed by atoms with Gasteiger partial charge < -0.3 is 15.0 Å². The molecule has 10 heteroatoms. The minimum atomic E-state index is -4.32. The molecule has 2 atom stereocenters. The van der Waals surface area contributed by atoms with E-state index in [2.05, 4.69) is 5.32 Å². The minimum absolute atomic E-state index is 0.0613. The topological polar surface area (TPSA) is 96.0 Å². The number of benzene rings is 4. The van der Waals surface area contributed by atoms with E-state index in [9.17, 15) is 22.4 Å². The summed E-state index contributed by atoms with van der Waals surface area (Å²) in [7, 11) is -2.85. The van der Waals surface area contributed by atoms with Crippen molar-refractivity contribution in [3.05, 3.63) is 126 Å². The highest BCUT2D eigenvalue weighted by Crippen LogP contribution is 2.27. The molecule has 2 amide bonds. The van der Waals surface area contributed by atoms with Gasteiger partial charge in [0.2, 0.25) is 11.8 Å². The first-order valence-corrected chi connectivity index (χ1v) is 16.6. The highest BCUT2D eigenvalue weighted by molar-refractivity contribution is 7.92. The SMILES string of the molecule is CC[C@@H](C)NC(=O)[C@H](Cc1ccccc1)N(Cc1cccc(C)c1)C(=O)CN(c1ccc(F)cc1)S(=O)(=O)c1ccc(OC)cc1. The Hall–Kier alpha value is -4.70. The largest absolute Gasteiger partial charge is 0.497 e. The maximum absolute atomic E-state index is 14.5. The van der Waals surface area contributed by atoms with E-state index >= 15 is 0 Å². The number of rotatable bonds is 14. The number of amides is 2. The van der Waals surface area contributed by atoms with Crippen LogP contribution in [0.15, 0.2) is 108 Å². The van der Waals surface area contributed by atoms with Crippen LogP contribution in [-0.2, 0) is 32.6 Å². The van der Waals surface area contributed by atoms with Crippen LogP contribution in [0.4, 0.5) is 10.1 Å². The van der Waals surface area contributed by atoms with E-state index in [0.717, 1.165) is 33.1 Å². The van der Waals surface area contributed by atoms with Crippen LogP contribution in [0.1, 0.15) is 37.0 Å². The van der Waals surface area contributed by atoms with E-state index in [1.807, 2.05) is 75.4 Å². The van der Waals surface area contributed by atoms with Crippen molar-refractivity contribution in [1.82, 2.24) is 10.2 Å². The first-order chi connectivity index (χ1) is 22.0. The summed E-state index contributed by atoms with van der Waals surface area (Å²) in [6.07, 6.45) is 0.899. The number of ether oxygens (including phenoxy) is 1. The molecule has 0 aliphatic heterocycles. The molecule has 242 valence electrons. The van der Waals surface area contributed by atoms with E-state index < -0.39 is 34.3 Å². The molecule has 0 saturated heterocycles. The average Bonchev–Trinajstić information content (AvgIpc) is 3.06. The summed E-state index contributed by atoms with van der Waals surface area (Å²) in [4.78, 5) is 29.8. The quantitative estimate of drug-likeness (QED) is 0.185. The molecule has 0 aliphatic carbocycles. The third-order valence-electron chi connectivity index (χ3n) is 7.75. The molecule has 46 heavy (non-hydrogen) atoms. The summed E-state index contributed by atoms with van der Waals surface area (Å²) < 4.78 is 48.3. The lowest BCUT2D eigenvalue weighted by molar-refractivity contribution is -0.140. The lowest BCUT2D eigenvalue weighted by Crippen LogP contribution is -2.54. The van der Waals surface area contributed by atoms with Gasteiger partial charge >= 0.3 is 0 Å². The molecule has 0 aromatic heterocycles. The van der Waals surface area contributed by atoms with Crippen molar-refractivity contribution < 1.29 is 27.1 Å². The fraction of sp³-hybridized carbons (Fsp3) is 0.278. The molecule has 0 spiro atoms. The molecule has 0 bridgehead atoms. The molecule has 0 radical (unpaired) electrons. The van der Waals surface area contributed by atoms with Crippen molar-refractivity contribution in [2.45, 2.75) is 57.1 Å². The van der Waals surface area contributed by atoms with Gasteiger partial charge in [-0.05, 0) is 79.9 Å². The Morgan fingerprint density at radius 3 is 2.15 bits per heavy atom. The minimum Gasteiger partial charge on any atom is -0.497 e. The predicted molar refractivity (Wildman–Crippen MR) is 177 cm³/mol. The molecule has 0 aliphatic rings. The van der Waals surface area contributed by atoms with Gasteiger partial charge in [0.05, 0.1) is 17.7 Å². The fourth-order valence-corrected chi connectivity index (χ4v) is 6.43. The Morgan fingerprint density at radius 1 is 0.891 bits per heavy atom. The number of halogens is 1. The van der Waals surface area contributed by atoms with Crippen molar-refractivity contribution in [1.29, 1.82) is 0 Å². The number of anilines is 1. The maximum atomic E-state index is 14.5. The normalized spacial score (nSPS) is 12.5.